The van der Waals surface area contributed by atoms with Gasteiger partial charge in [-0.2, -0.15) is 0 Å². The average Bonchev–Trinajstić information content (AvgIpc) is 2.28. The Morgan fingerprint density at radius 2 is 2.09 bits per heavy atom. The molecule has 0 unspecified atom stereocenters. The Kier molecular flexibility index (Phi) is 2.24. The molecule has 0 radical (unpaired) electrons. The molecule has 0 amide bonds. The first-order valence-corrected chi connectivity index (χ1v) is 5.74. The molecule has 0 spiro atoms. The summed E-state index contributed by atoms with van der Waals surface area (Å²) in [7, 11) is 3.63. The maximum atomic E-state index is 2.21. The van der Waals surface area contributed by atoms with Gasteiger partial charge in [-0.05, 0) is 23.5 Å². The minimum Gasteiger partial charge on any atom is -0.0729 e. The van der Waals surface area contributed by atoms with Gasteiger partial charge in [0.2, 0.25) is 0 Å². The minimum atomic E-state index is 1.08. The van der Waals surface area contributed by atoms with Crippen molar-refractivity contribution in [2.75, 3.05) is 0 Å². The van der Waals surface area contributed by atoms with E-state index in [1.165, 1.54) is 10.5 Å². The zero-order valence-corrected chi connectivity index (χ0v) is 7.62. The summed E-state index contributed by atoms with van der Waals surface area (Å²) in [5, 5.41) is 2.16. The van der Waals surface area contributed by atoms with Crippen molar-refractivity contribution in [1.82, 2.24) is 0 Å². The van der Waals surface area contributed by atoms with Gasteiger partial charge < -0.3 is 0 Å². The normalized spacial score (nSPS) is 15.6. The van der Waals surface area contributed by atoms with E-state index in [1.54, 1.807) is 10.8 Å². The van der Waals surface area contributed by atoms with Crippen LogP contribution in [0.3, 0.4) is 0 Å². The summed E-state index contributed by atoms with van der Waals surface area (Å²) in [6.07, 6.45) is 3.29. The van der Waals surface area contributed by atoms with Gasteiger partial charge in [0.05, 0.1) is 0 Å². The molecule has 1 aliphatic rings. The first kappa shape index (κ1) is 7.32. The molecule has 56 valence electrons. The average molecular weight is 180 g/mol. The molecule has 11 heavy (non-hydrogen) atoms. The van der Waals surface area contributed by atoms with Crippen molar-refractivity contribution in [1.29, 1.82) is 0 Å². The Morgan fingerprint density at radius 1 is 1.18 bits per heavy atom. The van der Waals surface area contributed by atoms with Crippen LogP contribution in [0.15, 0.2) is 40.6 Å². The SMILES string of the molecule is C1=CSSc2ccccc2C1. The van der Waals surface area contributed by atoms with E-state index in [0.29, 0.717) is 0 Å². The molecule has 0 aromatic heterocycles. The van der Waals surface area contributed by atoms with Gasteiger partial charge in [-0.1, -0.05) is 45.9 Å². The number of rotatable bonds is 0. The van der Waals surface area contributed by atoms with Crippen LogP contribution in [0.4, 0.5) is 0 Å². The van der Waals surface area contributed by atoms with Crippen LogP contribution in [0.25, 0.3) is 0 Å². The van der Waals surface area contributed by atoms with E-state index >= 15 is 0 Å². The topological polar surface area (TPSA) is 0 Å². The summed E-state index contributed by atoms with van der Waals surface area (Å²) in [4.78, 5) is 1.41. The van der Waals surface area contributed by atoms with E-state index in [4.69, 9.17) is 0 Å². The van der Waals surface area contributed by atoms with Crippen molar-refractivity contribution < 1.29 is 0 Å². The lowest BCUT2D eigenvalue weighted by Crippen LogP contribution is -1.81. The number of hydrogen-bond donors (Lipinski definition) is 0. The number of hydrogen-bond acceptors (Lipinski definition) is 2. The predicted octanol–water partition coefficient (Wildman–Crippen LogP) is 3.50. The zero-order valence-electron chi connectivity index (χ0n) is 5.99. The van der Waals surface area contributed by atoms with Crippen LogP contribution < -0.4 is 0 Å². The Morgan fingerprint density at radius 3 is 3.09 bits per heavy atom. The molecule has 0 bridgehead atoms. The van der Waals surface area contributed by atoms with E-state index in [1.807, 2.05) is 10.8 Å². The lowest BCUT2D eigenvalue weighted by molar-refractivity contribution is 1.19. The van der Waals surface area contributed by atoms with E-state index in [2.05, 4.69) is 35.7 Å². The van der Waals surface area contributed by atoms with Crippen LogP contribution in [0.1, 0.15) is 5.56 Å². The maximum Gasteiger partial charge on any atom is 0.0221 e. The van der Waals surface area contributed by atoms with Gasteiger partial charge in [0, 0.05) is 4.90 Å². The van der Waals surface area contributed by atoms with Crippen LogP contribution in [0.2, 0.25) is 0 Å². The van der Waals surface area contributed by atoms with E-state index in [0.717, 1.165) is 6.42 Å². The Hall–Kier alpha value is -0.340. The van der Waals surface area contributed by atoms with E-state index < -0.39 is 0 Å². The Labute approximate surface area is 74.5 Å². The third kappa shape index (κ3) is 1.63. The lowest BCUT2D eigenvalue weighted by atomic mass is 10.1. The second kappa shape index (κ2) is 3.37. The lowest BCUT2D eigenvalue weighted by Gasteiger charge is -2.00. The van der Waals surface area contributed by atoms with Gasteiger partial charge in [-0.3, -0.25) is 0 Å². The molecular weight excluding hydrogens is 172 g/mol. The highest BCUT2D eigenvalue weighted by Gasteiger charge is 2.02. The van der Waals surface area contributed by atoms with E-state index in [9.17, 15) is 0 Å². The molecule has 0 fully saturated rings. The van der Waals surface area contributed by atoms with Crippen molar-refractivity contribution >= 4 is 21.6 Å². The zero-order chi connectivity index (χ0) is 7.52. The van der Waals surface area contributed by atoms with Crippen molar-refractivity contribution in [3.05, 3.63) is 41.3 Å². The minimum absolute atomic E-state index is 1.08. The summed E-state index contributed by atoms with van der Waals surface area (Å²) in [6, 6.07) is 8.57. The molecule has 2 rings (SSSR count). The van der Waals surface area contributed by atoms with Gasteiger partial charge in [0.25, 0.3) is 0 Å². The first-order valence-electron chi connectivity index (χ1n) is 3.53. The third-order valence-electron chi connectivity index (χ3n) is 1.60. The molecule has 1 aliphatic heterocycles. The maximum absolute atomic E-state index is 2.21. The van der Waals surface area contributed by atoms with Gasteiger partial charge in [-0.15, -0.1) is 0 Å². The van der Waals surface area contributed by atoms with Crippen molar-refractivity contribution in [2.45, 2.75) is 11.3 Å². The standard InChI is InChI=1S/C9H8S2/c1-2-6-9-8(4-1)5-3-7-10-11-9/h1-4,6-7H,5H2. The molecule has 0 saturated heterocycles. The van der Waals surface area contributed by atoms with Crippen molar-refractivity contribution in [2.24, 2.45) is 0 Å². The fourth-order valence-corrected chi connectivity index (χ4v) is 2.98. The second-order valence-electron chi connectivity index (χ2n) is 2.36. The summed E-state index contributed by atoms with van der Waals surface area (Å²) >= 11 is 0. The monoisotopic (exact) mass is 180 g/mol. The van der Waals surface area contributed by atoms with Gasteiger partial charge in [0.15, 0.2) is 0 Å². The Balaban J connectivity index is 2.40. The van der Waals surface area contributed by atoms with Crippen molar-refractivity contribution in [3.8, 4) is 0 Å². The number of fused-ring (bicyclic) bond motifs is 1. The smallest absolute Gasteiger partial charge is 0.0221 e. The van der Waals surface area contributed by atoms with Crippen LogP contribution in [-0.2, 0) is 6.42 Å². The second-order valence-corrected chi connectivity index (χ2v) is 4.51. The van der Waals surface area contributed by atoms with E-state index in [-0.39, 0.29) is 0 Å². The van der Waals surface area contributed by atoms with Crippen LogP contribution in [0, 0.1) is 0 Å². The predicted molar refractivity (Wildman–Crippen MR) is 52.7 cm³/mol. The van der Waals surface area contributed by atoms with Crippen molar-refractivity contribution in [3.63, 3.8) is 0 Å². The molecule has 0 nitrogen and oxygen atoms in total. The quantitative estimate of drug-likeness (QED) is 0.560. The third-order valence-corrected chi connectivity index (χ3v) is 3.74. The summed E-state index contributed by atoms with van der Waals surface area (Å²) in [5.74, 6) is 0. The molecule has 1 heterocycles. The Bertz CT molecular complexity index is 279. The summed E-state index contributed by atoms with van der Waals surface area (Å²) in [5.41, 5.74) is 1.44. The molecule has 1 aromatic carbocycles. The molecule has 0 N–H and O–H groups in total. The molecule has 0 atom stereocenters. The van der Waals surface area contributed by atoms with Gasteiger partial charge in [0.1, 0.15) is 0 Å². The highest BCUT2D eigenvalue weighted by atomic mass is 33.1. The molecule has 1 aromatic rings. The fourth-order valence-electron chi connectivity index (χ4n) is 1.05. The molecule has 2 heteroatoms. The molecule has 0 aliphatic carbocycles. The summed E-state index contributed by atoms with van der Waals surface area (Å²) < 4.78 is 0. The number of allylic oxidation sites excluding steroid dienone is 1. The van der Waals surface area contributed by atoms with Gasteiger partial charge >= 0.3 is 0 Å². The highest BCUT2D eigenvalue weighted by molar-refractivity contribution is 8.77. The molecular formula is C9H8S2. The largest absolute Gasteiger partial charge is 0.0729 e. The van der Waals surface area contributed by atoms with Crippen LogP contribution >= 0.6 is 21.6 Å². The van der Waals surface area contributed by atoms with Gasteiger partial charge in [-0.25, -0.2) is 0 Å². The fraction of sp³-hybridized carbons (Fsp3) is 0.111. The van der Waals surface area contributed by atoms with Crippen LogP contribution in [0.5, 0.6) is 0 Å². The summed E-state index contributed by atoms with van der Waals surface area (Å²) in [6.45, 7) is 0. The first-order chi connectivity index (χ1) is 5.47. The highest BCUT2D eigenvalue weighted by Crippen LogP contribution is 2.36. The molecule has 0 saturated carbocycles. The van der Waals surface area contributed by atoms with Crippen LogP contribution in [-0.4, -0.2) is 0 Å². The number of benzene rings is 1.